The minimum atomic E-state index is 0.346. The third-order valence-corrected chi connectivity index (χ3v) is 4.06. The van der Waals surface area contributed by atoms with Crippen molar-refractivity contribution in [3.63, 3.8) is 0 Å². The van der Waals surface area contributed by atoms with Gasteiger partial charge in [-0.15, -0.1) is 0 Å². The van der Waals surface area contributed by atoms with Crippen LogP contribution >= 0.6 is 39.1 Å². The Labute approximate surface area is 140 Å². The largest absolute Gasteiger partial charge is 0.216 e. The molecule has 0 atom stereocenters. The lowest BCUT2D eigenvalue weighted by Gasteiger charge is -2.08. The third-order valence-electron chi connectivity index (χ3n) is 2.99. The van der Waals surface area contributed by atoms with Gasteiger partial charge in [-0.1, -0.05) is 81.6 Å². The van der Waals surface area contributed by atoms with Crippen molar-refractivity contribution >= 4 is 39.1 Å². The number of rotatable bonds is 2. The van der Waals surface area contributed by atoms with Crippen LogP contribution in [0.25, 0.3) is 22.5 Å². The molecule has 3 rings (SSSR count). The zero-order chi connectivity index (χ0) is 14.8. The molecule has 0 saturated heterocycles. The normalized spacial score (nSPS) is 10.6. The molecule has 0 aliphatic heterocycles. The lowest BCUT2D eigenvalue weighted by atomic mass is 10.1. The van der Waals surface area contributed by atoms with Crippen LogP contribution in [0.4, 0.5) is 0 Å². The minimum absolute atomic E-state index is 0.346. The molecule has 21 heavy (non-hydrogen) atoms. The minimum Gasteiger partial charge on any atom is -0.216 e. The van der Waals surface area contributed by atoms with Crippen molar-refractivity contribution < 1.29 is 0 Å². The van der Waals surface area contributed by atoms with Gasteiger partial charge in [0.1, 0.15) is 10.3 Å². The molecule has 0 aliphatic rings. The summed E-state index contributed by atoms with van der Waals surface area (Å²) in [7, 11) is 0. The second-order valence-corrected chi connectivity index (χ2v) is 6.01. The van der Waals surface area contributed by atoms with E-state index in [1.54, 1.807) is 0 Å². The van der Waals surface area contributed by atoms with Gasteiger partial charge in [-0.25, -0.2) is 9.97 Å². The molecular formula is C16H9BrCl2N2. The quantitative estimate of drug-likeness (QED) is 0.519. The van der Waals surface area contributed by atoms with Gasteiger partial charge in [0.15, 0.2) is 5.82 Å². The van der Waals surface area contributed by atoms with Crippen LogP contribution in [0.3, 0.4) is 0 Å². The van der Waals surface area contributed by atoms with Crippen LogP contribution in [-0.4, -0.2) is 9.97 Å². The summed E-state index contributed by atoms with van der Waals surface area (Å²) < 4.78 is 0.990. The van der Waals surface area contributed by atoms with E-state index in [0.29, 0.717) is 21.7 Å². The number of benzene rings is 2. The summed E-state index contributed by atoms with van der Waals surface area (Å²) in [5, 5.41) is 0.693. The summed E-state index contributed by atoms with van der Waals surface area (Å²) in [6, 6.07) is 17.3. The summed E-state index contributed by atoms with van der Waals surface area (Å²) in [5.41, 5.74) is 2.41. The Bertz CT molecular complexity index is 751. The first-order valence-electron chi connectivity index (χ1n) is 6.19. The Morgan fingerprint density at radius 2 is 1.29 bits per heavy atom. The molecule has 0 spiro atoms. The van der Waals surface area contributed by atoms with Gasteiger partial charge in [0, 0.05) is 10.0 Å². The van der Waals surface area contributed by atoms with Gasteiger partial charge >= 0.3 is 0 Å². The highest BCUT2D eigenvalue weighted by molar-refractivity contribution is 9.10. The number of nitrogens with zero attached hydrogens (tertiary/aromatic N) is 2. The number of hydrogen-bond acceptors (Lipinski definition) is 2. The Morgan fingerprint density at radius 1 is 0.714 bits per heavy atom. The molecule has 104 valence electrons. The fourth-order valence-electron chi connectivity index (χ4n) is 1.98. The SMILES string of the molecule is Clc1nc(-c2ccc(Br)cc2)nc(Cl)c1-c1ccccc1. The van der Waals surface area contributed by atoms with Crippen LogP contribution < -0.4 is 0 Å². The van der Waals surface area contributed by atoms with E-state index in [4.69, 9.17) is 23.2 Å². The molecule has 1 aromatic heterocycles. The van der Waals surface area contributed by atoms with Crippen LogP contribution in [0, 0.1) is 0 Å². The standard InChI is InChI=1S/C16H9BrCl2N2/c17-12-8-6-11(7-9-12)16-20-14(18)13(15(19)21-16)10-4-2-1-3-5-10/h1-9H. The van der Waals surface area contributed by atoms with Crippen molar-refractivity contribution in [1.82, 2.24) is 9.97 Å². The van der Waals surface area contributed by atoms with Gasteiger partial charge in [0.2, 0.25) is 0 Å². The summed E-state index contributed by atoms with van der Waals surface area (Å²) in [6.45, 7) is 0. The van der Waals surface area contributed by atoms with E-state index in [-0.39, 0.29) is 0 Å². The molecule has 5 heteroatoms. The third kappa shape index (κ3) is 3.10. The molecule has 0 amide bonds. The number of hydrogen-bond donors (Lipinski definition) is 0. The molecule has 0 radical (unpaired) electrons. The second kappa shape index (κ2) is 6.14. The Kier molecular flexibility index (Phi) is 4.24. The van der Waals surface area contributed by atoms with Crippen LogP contribution in [0.1, 0.15) is 0 Å². The average molecular weight is 380 g/mol. The average Bonchev–Trinajstić information content (AvgIpc) is 2.48. The molecule has 2 nitrogen and oxygen atoms in total. The van der Waals surface area contributed by atoms with Gasteiger partial charge in [-0.05, 0) is 17.7 Å². The van der Waals surface area contributed by atoms with Gasteiger partial charge in [-0.2, -0.15) is 0 Å². The molecule has 3 aromatic rings. The molecule has 0 aliphatic carbocycles. The predicted molar refractivity (Wildman–Crippen MR) is 90.6 cm³/mol. The maximum Gasteiger partial charge on any atom is 0.162 e. The molecule has 1 heterocycles. The van der Waals surface area contributed by atoms with Crippen molar-refractivity contribution in [2.45, 2.75) is 0 Å². The highest BCUT2D eigenvalue weighted by atomic mass is 79.9. The molecule has 2 aromatic carbocycles. The molecule has 0 saturated carbocycles. The highest BCUT2D eigenvalue weighted by Gasteiger charge is 2.14. The zero-order valence-electron chi connectivity index (χ0n) is 10.7. The summed E-state index contributed by atoms with van der Waals surface area (Å²) in [6.07, 6.45) is 0. The number of aromatic nitrogens is 2. The fraction of sp³-hybridized carbons (Fsp3) is 0. The summed E-state index contributed by atoms with van der Waals surface area (Å²) in [5.74, 6) is 0.511. The summed E-state index contributed by atoms with van der Waals surface area (Å²) in [4.78, 5) is 8.73. The smallest absolute Gasteiger partial charge is 0.162 e. The van der Waals surface area contributed by atoms with Crippen molar-refractivity contribution in [3.05, 3.63) is 69.4 Å². The predicted octanol–water partition coefficient (Wildman–Crippen LogP) is 5.88. The van der Waals surface area contributed by atoms with E-state index in [9.17, 15) is 0 Å². The maximum atomic E-state index is 6.31. The molecule has 0 bridgehead atoms. The lowest BCUT2D eigenvalue weighted by Crippen LogP contribution is -1.94. The van der Waals surface area contributed by atoms with Crippen molar-refractivity contribution in [2.75, 3.05) is 0 Å². The van der Waals surface area contributed by atoms with E-state index in [1.807, 2.05) is 54.6 Å². The second-order valence-electron chi connectivity index (χ2n) is 4.38. The van der Waals surface area contributed by atoms with Gasteiger partial charge in [0.25, 0.3) is 0 Å². The molecule has 0 N–H and O–H groups in total. The van der Waals surface area contributed by atoms with Crippen LogP contribution in [-0.2, 0) is 0 Å². The molecule has 0 fully saturated rings. The first-order chi connectivity index (χ1) is 10.1. The van der Waals surface area contributed by atoms with E-state index in [2.05, 4.69) is 25.9 Å². The van der Waals surface area contributed by atoms with Gasteiger partial charge in [-0.3, -0.25) is 0 Å². The van der Waals surface area contributed by atoms with E-state index in [0.717, 1.165) is 15.6 Å². The topological polar surface area (TPSA) is 25.8 Å². The van der Waals surface area contributed by atoms with Crippen LogP contribution in [0.15, 0.2) is 59.1 Å². The fourth-order valence-corrected chi connectivity index (χ4v) is 2.85. The Balaban J connectivity index is 2.10. The van der Waals surface area contributed by atoms with Crippen LogP contribution in [0.2, 0.25) is 10.3 Å². The molecular weight excluding hydrogens is 371 g/mol. The van der Waals surface area contributed by atoms with Gasteiger partial charge < -0.3 is 0 Å². The maximum absolute atomic E-state index is 6.31. The van der Waals surface area contributed by atoms with Crippen LogP contribution in [0.5, 0.6) is 0 Å². The monoisotopic (exact) mass is 378 g/mol. The van der Waals surface area contributed by atoms with Gasteiger partial charge in [0.05, 0.1) is 5.56 Å². The zero-order valence-corrected chi connectivity index (χ0v) is 13.8. The van der Waals surface area contributed by atoms with Crippen molar-refractivity contribution in [1.29, 1.82) is 0 Å². The van der Waals surface area contributed by atoms with Crippen molar-refractivity contribution in [2.24, 2.45) is 0 Å². The molecule has 0 unspecified atom stereocenters. The highest BCUT2D eigenvalue weighted by Crippen LogP contribution is 2.34. The Hall–Kier alpha value is -1.42. The first-order valence-corrected chi connectivity index (χ1v) is 7.74. The lowest BCUT2D eigenvalue weighted by molar-refractivity contribution is 1.18. The number of halogens is 3. The summed E-state index contributed by atoms with van der Waals surface area (Å²) >= 11 is 16.0. The Morgan fingerprint density at radius 3 is 1.86 bits per heavy atom. The van der Waals surface area contributed by atoms with Crippen molar-refractivity contribution in [3.8, 4) is 22.5 Å². The van der Waals surface area contributed by atoms with E-state index < -0.39 is 0 Å². The first kappa shape index (κ1) is 14.5. The van der Waals surface area contributed by atoms with E-state index >= 15 is 0 Å². The van der Waals surface area contributed by atoms with E-state index in [1.165, 1.54) is 0 Å².